The van der Waals surface area contributed by atoms with Crippen molar-refractivity contribution < 1.29 is 19.5 Å². The maximum absolute atomic E-state index is 12.7. The number of carbonyl (C=O) groups excluding carboxylic acids is 2. The molecule has 1 fully saturated rings. The molecule has 2 aromatic rings. The van der Waals surface area contributed by atoms with Gasteiger partial charge >= 0.3 is 5.97 Å². The van der Waals surface area contributed by atoms with Gasteiger partial charge in [-0.3, -0.25) is 9.59 Å². The normalized spacial score (nSPS) is 22.4. The Balaban J connectivity index is 0.00000324. The predicted molar refractivity (Wildman–Crippen MR) is 131 cm³/mol. The predicted octanol–water partition coefficient (Wildman–Crippen LogP) is 2.99. The van der Waals surface area contributed by atoms with Gasteiger partial charge in [0.2, 0.25) is 11.8 Å². The number of halogens is 1. The smallest absolute Gasteiger partial charge is 0.330 e. The van der Waals surface area contributed by atoms with Gasteiger partial charge in [0.25, 0.3) is 0 Å². The molecule has 2 atom stereocenters. The number of benzene rings is 2. The molecule has 0 radical (unpaired) electrons. The number of carboxylic acids is 1. The Morgan fingerprint density at radius 2 is 1.56 bits per heavy atom. The van der Waals surface area contributed by atoms with Gasteiger partial charge in [0.1, 0.15) is 0 Å². The number of aliphatic carboxylic acids is 1. The highest BCUT2D eigenvalue weighted by atomic mass is 35.5. The summed E-state index contributed by atoms with van der Waals surface area (Å²) in [5.74, 6) is -1.11. The molecule has 1 aliphatic heterocycles. The summed E-state index contributed by atoms with van der Waals surface area (Å²) >= 11 is 0. The second-order valence-electron chi connectivity index (χ2n) is 9.06. The van der Waals surface area contributed by atoms with Gasteiger partial charge in [-0.2, -0.15) is 0 Å². The molecular weight excluding hydrogens is 454 g/mol. The molecule has 8 heteroatoms. The van der Waals surface area contributed by atoms with Crippen LogP contribution in [0, 0.1) is 11.8 Å². The molecule has 2 amide bonds. The molecule has 7 nitrogen and oxygen atoms in total. The Morgan fingerprint density at radius 1 is 0.912 bits per heavy atom. The molecule has 1 saturated carbocycles. The zero-order valence-corrected chi connectivity index (χ0v) is 19.9. The van der Waals surface area contributed by atoms with E-state index in [1.807, 2.05) is 18.2 Å². The second-order valence-corrected chi connectivity index (χ2v) is 9.06. The van der Waals surface area contributed by atoms with Gasteiger partial charge in [-0.05, 0) is 54.7 Å². The number of fused-ring (bicyclic) bond motifs is 1. The van der Waals surface area contributed by atoms with Gasteiger partial charge in [0.15, 0.2) is 6.04 Å². The highest BCUT2D eigenvalue weighted by molar-refractivity contribution is 5.86. The van der Waals surface area contributed by atoms with E-state index in [-0.39, 0.29) is 36.2 Å². The molecule has 1 heterocycles. The van der Waals surface area contributed by atoms with Crippen LogP contribution in [0.4, 0.5) is 0 Å². The van der Waals surface area contributed by atoms with Crippen LogP contribution in [0.2, 0.25) is 0 Å². The maximum atomic E-state index is 12.7. The molecule has 0 saturated heterocycles. The van der Waals surface area contributed by atoms with Crippen LogP contribution < -0.4 is 16.0 Å². The summed E-state index contributed by atoms with van der Waals surface area (Å²) in [7, 11) is 0. The number of rotatable bonds is 7. The van der Waals surface area contributed by atoms with Crippen LogP contribution in [0.1, 0.15) is 48.4 Å². The van der Waals surface area contributed by atoms with Crippen LogP contribution in [0.3, 0.4) is 0 Å². The van der Waals surface area contributed by atoms with E-state index in [4.69, 9.17) is 0 Å². The van der Waals surface area contributed by atoms with E-state index >= 15 is 0 Å². The van der Waals surface area contributed by atoms with Crippen LogP contribution in [-0.2, 0) is 27.3 Å². The van der Waals surface area contributed by atoms with Crippen molar-refractivity contribution in [2.75, 3.05) is 6.54 Å². The van der Waals surface area contributed by atoms with E-state index in [2.05, 4.69) is 28.1 Å². The van der Waals surface area contributed by atoms with Crippen molar-refractivity contribution in [3.8, 4) is 0 Å². The molecule has 2 aromatic carbocycles. The summed E-state index contributed by atoms with van der Waals surface area (Å²) in [6.45, 7) is 1.31. The monoisotopic (exact) mass is 485 g/mol. The quantitative estimate of drug-likeness (QED) is 0.482. The van der Waals surface area contributed by atoms with Gasteiger partial charge in [-0.1, -0.05) is 54.6 Å². The molecule has 2 aliphatic rings. The average Bonchev–Trinajstić information content (AvgIpc) is 2.86. The standard InChI is InChI=1S/C26H31N3O4.ClH/c30-24(29-23(26(32)33)18-6-2-1-3-7-18)19-12-10-17(11-13-19)15-28-25(31)22-14-20-8-4-5-9-21(20)16-27-22;/h1-9,17,19,22-23,27H,10-16H2,(H,28,31)(H,29,30)(H,32,33);1H/t17?,19?,22-,23-;/m0./s1. The summed E-state index contributed by atoms with van der Waals surface area (Å²) in [4.78, 5) is 37.0. The van der Waals surface area contributed by atoms with Gasteiger partial charge in [-0.15, -0.1) is 12.4 Å². The lowest BCUT2D eigenvalue weighted by Gasteiger charge is -2.30. The lowest BCUT2D eigenvalue weighted by molar-refractivity contribution is -0.143. The highest BCUT2D eigenvalue weighted by Crippen LogP contribution is 2.29. The van der Waals surface area contributed by atoms with Crippen molar-refractivity contribution in [3.05, 3.63) is 71.3 Å². The van der Waals surface area contributed by atoms with Crippen molar-refractivity contribution in [3.63, 3.8) is 0 Å². The number of carbonyl (C=O) groups is 3. The molecule has 0 aromatic heterocycles. The fraction of sp³-hybridized carbons (Fsp3) is 0.423. The molecule has 4 rings (SSSR count). The number of hydrogen-bond acceptors (Lipinski definition) is 4. The first-order valence-corrected chi connectivity index (χ1v) is 11.7. The third-order valence-electron chi connectivity index (χ3n) is 6.85. The lowest BCUT2D eigenvalue weighted by atomic mass is 9.81. The largest absolute Gasteiger partial charge is 0.479 e. The number of amides is 2. The molecule has 34 heavy (non-hydrogen) atoms. The van der Waals surface area contributed by atoms with Crippen LogP contribution >= 0.6 is 12.4 Å². The lowest BCUT2D eigenvalue weighted by Crippen LogP contribution is -2.48. The first-order valence-electron chi connectivity index (χ1n) is 11.7. The Labute approximate surface area is 206 Å². The first kappa shape index (κ1) is 25.7. The number of hydrogen-bond donors (Lipinski definition) is 4. The fourth-order valence-corrected chi connectivity index (χ4v) is 4.83. The summed E-state index contributed by atoms with van der Waals surface area (Å²) in [6, 6.07) is 15.7. The molecule has 4 N–H and O–H groups in total. The zero-order chi connectivity index (χ0) is 23.2. The first-order chi connectivity index (χ1) is 16.0. The van der Waals surface area contributed by atoms with Crippen LogP contribution in [0.15, 0.2) is 54.6 Å². The molecular formula is C26H32ClN3O4. The Bertz CT molecular complexity index is 993. The summed E-state index contributed by atoms with van der Waals surface area (Å²) in [5.41, 5.74) is 3.03. The van der Waals surface area contributed by atoms with E-state index < -0.39 is 12.0 Å². The van der Waals surface area contributed by atoms with Crippen LogP contribution in [0.25, 0.3) is 0 Å². The summed E-state index contributed by atoms with van der Waals surface area (Å²) in [5, 5.41) is 18.6. The Morgan fingerprint density at radius 3 is 2.24 bits per heavy atom. The minimum absolute atomic E-state index is 0. The van der Waals surface area contributed by atoms with E-state index in [0.29, 0.717) is 43.8 Å². The van der Waals surface area contributed by atoms with E-state index in [1.165, 1.54) is 11.1 Å². The van der Waals surface area contributed by atoms with Crippen LogP contribution in [-0.4, -0.2) is 35.5 Å². The van der Waals surface area contributed by atoms with E-state index in [0.717, 1.165) is 12.8 Å². The highest BCUT2D eigenvalue weighted by Gasteiger charge is 2.31. The topological polar surface area (TPSA) is 108 Å². The van der Waals surface area contributed by atoms with E-state index in [9.17, 15) is 19.5 Å². The molecule has 0 spiro atoms. The third kappa shape index (κ3) is 6.36. The second kappa shape index (κ2) is 12.0. The summed E-state index contributed by atoms with van der Waals surface area (Å²) < 4.78 is 0. The van der Waals surface area contributed by atoms with Crippen molar-refractivity contribution in [2.45, 2.75) is 50.7 Å². The van der Waals surface area contributed by atoms with Crippen molar-refractivity contribution in [2.24, 2.45) is 11.8 Å². The minimum atomic E-state index is -1.06. The third-order valence-corrected chi connectivity index (χ3v) is 6.85. The summed E-state index contributed by atoms with van der Waals surface area (Å²) in [6.07, 6.45) is 3.76. The molecule has 182 valence electrons. The van der Waals surface area contributed by atoms with Crippen molar-refractivity contribution in [1.29, 1.82) is 0 Å². The average molecular weight is 486 g/mol. The van der Waals surface area contributed by atoms with Gasteiger partial charge < -0.3 is 21.1 Å². The van der Waals surface area contributed by atoms with E-state index in [1.54, 1.807) is 24.3 Å². The molecule has 0 bridgehead atoms. The van der Waals surface area contributed by atoms with Gasteiger partial charge in [0.05, 0.1) is 6.04 Å². The molecule has 1 aliphatic carbocycles. The zero-order valence-electron chi connectivity index (χ0n) is 19.0. The SMILES string of the molecule is Cl.O=C(N[C@H](C(=O)O)c1ccccc1)C1CCC(CNC(=O)[C@@H]2Cc3ccccc3CN2)CC1. The van der Waals surface area contributed by atoms with Gasteiger partial charge in [0, 0.05) is 19.0 Å². The molecule has 0 unspecified atom stereocenters. The Kier molecular flexibility index (Phi) is 9.07. The van der Waals surface area contributed by atoms with Crippen LogP contribution in [0.5, 0.6) is 0 Å². The Hall–Kier alpha value is -2.90. The maximum Gasteiger partial charge on any atom is 0.330 e. The van der Waals surface area contributed by atoms with Crippen molar-refractivity contribution >= 4 is 30.2 Å². The fourth-order valence-electron chi connectivity index (χ4n) is 4.83. The number of nitrogens with one attached hydrogen (secondary N) is 3. The number of carboxylic acid groups (broad SMARTS) is 1. The minimum Gasteiger partial charge on any atom is -0.479 e. The van der Waals surface area contributed by atoms with Crippen molar-refractivity contribution in [1.82, 2.24) is 16.0 Å². The van der Waals surface area contributed by atoms with Gasteiger partial charge in [-0.25, -0.2) is 4.79 Å².